The number of nitrogens with zero attached hydrogens (tertiary/aromatic N) is 3. The van der Waals surface area contributed by atoms with Crippen molar-refractivity contribution >= 4 is 5.91 Å². The van der Waals surface area contributed by atoms with Crippen LogP contribution in [0.15, 0.2) is 79.1 Å². The van der Waals surface area contributed by atoms with Gasteiger partial charge in [-0.1, -0.05) is 65.7 Å². The van der Waals surface area contributed by atoms with E-state index < -0.39 is 23.4 Å². The van der Waals surface area contributed by atoms with Gasteiger partial charge in [0.2, 0.25) is 6.04 Å². The SMILES string of the molecule is Cc1cccc(C2NC(=O)C([n+]3ccccc3)C(c3cccc(C)c3)C2(C#N)C#N)c1. The number of benzene rings is 2. The van der Waals surface area contributed by atoms with Crippen LogP contribution in [0.4, 0.5) is 0 Å². The summed E-state index contributed by atoms with van der Waals surface area (Å²) >= 11 is 0. The van der Waals surface area contributed by atoms with E-state index in [-0.39, 0.29) is 5.91 Å². The van der Waals surface area contributed by atoms with E-state index in [1.807, 2.05) is 80.6 Å². The average Bonchev–Trinajstić information content (AvgIpc) is 2.79. The molecule has 3 aromatic rings. The number of amides is 1. The maximum atomic E-state index is 13.5. The fraction of sp³-hybridized carbons (Fsp3) is 0.231. The third-order valence-corrected chi connectivity index (χ3v) is 6.02. The second-order valence-electron chi connectivity index (χ2n) is 8.11. The van der Waals surface area contributed by atoms with Gasteiger partial charge >= 0.3 is 0 Å². The van der Waals surface area contributed by atoms with Crippen LogP contribution in [0.2, 0.25) is 0 Å². The largest absolute Gasteiger partial charge is 0.341 e. The highest BCUT2D eigenvalue weighted by Gasteiger charge is 2.61. The molecule has 1 N–H and O–H groups in total. The average molecular weight is 407 g/mol. The summed E-state index contributed by atoms with van der Waals surface area (Å²) in [6.07, 6.45) is 3.61. The fourth-order valence-electron chi connectivity index (χ4n) is 4.62. The number of rotatable bonds is 3. The zero-order valence-electron chi connectivity index (χ0n) is 17.5. The predicted octanol–water partition coefficient (Wildman–Crippen LogP) is 3.82. The van der Waals surface area contributed by atoms with Gasteiger partial charge < -0.3 is 5.32 Å². The Morgan fingerprint density at radius 1 is 0.871 bits per heavy atom. The minimum Gasteiger partial charge on any atom is -0.341 e. The van der Waals surface area contributed by atoms with Crippen LogP contribution in [0, 0.1) is 41.9 Å². The quantitative estimate of drug-likeness (QED) is 0.670. The molecule has 1 amide bonds. The van der Waals surface area contributed by atoms with Crippen molar-refractivity contribution in [3.63, 3.8) is 0 Å². The van der Waals surface area contributed by atoms with Gasteiger partial charge in [0.25, 0.3) is 5.91 Å². The van der Waals surface area contributed by atoms with Crippen molar-refractivity contribution in [3.05, 3.63) is 101 Å². The van der Waals surface area contributed by atoms with Crippen molar-refractivity contribution in [2.45, 2.75) is 31.8 Å². The van der Waals surface area contributed by atoms with Gasteiger partial charge in [0.1, 0.15) is 0 Å². The van der Waals surface area contributed by atoms with Gasteiger partial charge in [-0.05, 0) is 25.0 Å². The third kappa shape index (κ3) is 3.45. The minimum absolute atomic E-state index is 0.213. The number of carbonyl (C=O) groups excluding carboxylic acids is 1. The number of hydrogen-bond donors (Lipinski definition) is 1. The van der Waals surface area contributed by atoms with Crippen molar-refractivity contribution < 1.29 is 9.36 Å². The summed E-state index contributed by atoms with van der Waals surface area (Å²) in [6.45, 7) is 3.92. The number of nitriles is 2. The number of piperidine rings is 1. The molecular weight excluding hydrogens is 384 g/mol. The standard InChI is InChI=1S/C26H22N4O/c1-18-8-6-10-20(14-18)22-23(30-12-4-3-5-13-30)25(31)29-24(26(22,16-27)17-28)21-11-7-9-19(2)15-21/h3-15,22-24H,1-2H3/p+1. The van der Waals surface area contributed by atoms with Crippen LogP contribution in [0.25, 0.3) is 0 Å². The van der Waals surface area contributed by atoms with E-state index in [0.717, 1.165) is 22.3 Å². The second kappa shape index (κ2) is 8.05. The van der Waals surface area contributed by atoms with E-state index in [9.17, 15) is 15.3 Å². The van der Waals surface area contributed by atoms with Crippen LogP contribution in [0.1, 0.15) is 40.3 Å². The maximum absolute atomic E-state index is 13.5. The molecule has 152 valence electrons. The summed E-state index contributed by atoms with van der Waals surface area (Å²) in [5.41, 5.74) is 2.08. The number of pyridine rings is 1. The molecule has 1 saturated heterocycles. The van der Waals surface area contributed by atoms with Crippen molar-refractivity contribution in [1.29, 1.82) is 10.5 Å². The predicted molar refractivity (Wildman–Crippen MR) is 115 cm³/mol. The van der Waals surface area contributed by atoms with E-state index in [1.54, 1.807) is 17.0 Å². The zero-order chi connectivity index (χ0) is 22.0. The molecular formula is C26H23N4O+. The van der Waals surface area contributed by atoms with Gasteiger partial charge in [0, 0.05) is 12.1 Å². The smallest absolute Gasteiger partial charge is 0.290 e. The van der Waals surface area contributed by atoms with Crippen LogP contribution in [-0.2, 0) is 4.79 Å². The summed E-state index contributed by atoms with van der Waals surface area (Å²) in [6, 6.07) is 24.1. The van der Waals surface area contributed by atoms with Crippen molar-refractivity contribution in [2.24, 2.45) is 5.41 Å². The Kier molecular flexibility index (Phi) is 5.28. The Balaban J connectivity index is 1.99. The molecule has 31 heavy (non-hydrogen) atoms. The van der Waals surface area contributed by atoms with E-state index in [0.29, 0.717) is 0 Å². The highest BCUT2D eigenvalue weighted by atomic mass is 16.2. The Labute approximate surface area is 182 Å². The number of aryl methyl sites for hydroxylation is 2. The Bertz CT molecular complexity index is 1190. The zero-order valence-corrected chi connectivity index (χ0v) is 17.5. The molecule has 1 aliphatic rings. The van der Waals surface area contributed by atoms with E-state index in [2.05, 4.69) is 17.5 Å². The molecule has 5 nitrogen and oxygen atoms in total. The molecule has 2 aromatic carbocycles. The Morgan fingerprint density at radius 3 is 2.03 bits per heavy atom. The van der Waals surface area contributed by atoms with Gasteiger partial charge in [-0.2, -0.15) is 15.1 Å². The molecule has 0 spiro atoms. The van der Waals surface area contributed by atoms with Gasteiger partial charge in [-0.15, -0.1) is 0 Å². The Hall–Kier alpha value is -3.96. The first-order valence-electron chi connectivity index (χ1n) is 10.2. The first kappa shape index (κ1) is 20.3. The first-order valence-corrected chi connectivity index (χ1v) is 10.2. The van der Waals surface area contributed by atoms with E-state index >= 15 is 0 Å². The first-order chi connectivity index (χ1) is 15.0. The highest BCUT2D eigenvalue weighted by molar-refractivity contribution is 5.83. The van der Waals surface area contributed by atoms with Gasteiger partial charge in [0.15, 0.2) is 17.8 Å². The molecule has 1 fully saturated rings. The normalized spacial score (nSPS) is 22.1. The third-order valence-electron chi connectivity index (χ3n) is 6.02. The molecule has 0 saturated carbocycles. The lowest BCUT2D eigenvalue weighted by molar-refractivity contribution is -0.714. The molecule has 2 heterocycles. The summed E-state index contributed by atoms with van der Waals surface area (Å²) in [4.78, 5) is 13.5. The van der Waals surface area contributed by atoms with Gasteiger partial charge in [0.05, 0.1) is 24.1 Å². The lowest BCUT2D eigenvalue weighted by Crippen LogP contribution is -2.61. The molecule has 5 heteroatoms. The van der Waals surface area contributed by atoms with E-state index in [4.69, 9.17) is 0 Å². The van der Waals surface area contributed by atoms with Crippen LogP contribution in [0.5, 0.6) is 0 Å². The van der Waals surface area contributed by atoms with Crippen molar-refractivity contribution in [1.82, 2.24) is 5.32 Å². The highest BCUT2D eigenvalue weighted by Crippen LogP contribution is 2.52. The molecule has 1 aliphatic heterocycles. The van der Waals surface area contributed by atoms with Gasteiger partial charge in [-0.25, -0.2) is 0 Å². The summed E-state index contributed by atoms with van der Waals surface area (Å²) < 4.78 is 1.79. The number of aromatic nitrogens is 1. The van der Waals surface area contributed by atoms with Crippen molar-refractivity contribution in [2.75, 3.05) is 0 Å². The lowest BCUT2D eigenvalue weighted by atomic mass is 9.61. The number of carbonyl (C=O) groups is 1. The minimum atomic E-state index is -1.50. The molecule has 3 atom stereocenters. The summed E-state index contributed by atoms with van der Waals surface area (Å²) in [7, 11) is 0. The molecule has 0 aliphatic carbocycles. The van der Waals surface area contributed by atoms with Crippen molar-refractivity contribution in [3.8, 4) is 12.1 Å². The molecule has 0 radical (unpaired) electrons. The van der Waals surface area contributed by atoms with Gasteiger partial charge in [-0.3, -0.25) is 4.79 Å². The molecule has 1 aromatic heterocycles. The number of nitrogens with one attached hydrogen (secondary N) is 1. The topological polar surface area (TPSA) is 80.6 Å². The maximum Gasteiger partial charge on any atom is 0.290 e. The molecule has 0 bridgehead atoms. The van der Waals surface area contributed by atoms with Crippen LogP contribution >= 0.6 is 0 Å². The monoisotopic (exact) mass is 407 g/mol. The molecule has 3 unspecified atom stereocenters. The lowest BCUT2D eigenvalue weighted by Gasteiger charge is -2.42. The summed E-state index contributed by atoms with van der Waals surface area (Å²) in [5.74, 6) is -0.871. The second-order valence-corrected chi connectivity index (χ2v) is 8.11. The van der Waals surface area contributed by atoms with Crippen LogP contribution in [0.3, 0.4) is 0 Å². The fourth-order valence-corrected chi connectivity index (χ4v) is 4.62. The van der Waals surface area contributed by atoms with E-state index in [1.165, 1.54) is 0 Å². The Morgan fingerprint density at radius 2 is 1.45 bits per heavy atom. The molecule has 4 rings (SSSR count). The van der Waals surface area contributed by atoms with Crippen LogP contribution < -0.4 is 9.88 Å². The van der Waals surface area contributed by atoms with Crippen LogP contribution in [-0.4, -0.2) is 5.91 Å². The summed E-state index contributed by atoms with van der Waals surface area (Å²) in [5, 5.41) is 23.9. The number of hydrogen-bond acceptors (Lipinski definition) is 3.